The van der Waals surface area contributed by atoms with E-state index < -0.39 is 17.8 Å². The highest BCUT2D eigenvalue weighted by Gasteiger charge is 2.33. The van der Waals surface area contributed by atoms with Gasteiger partial charge >= 0.3 is 6.18 Å². The lowest BCUT2D eigenvalue weighted by Crippen LogP contribution is -2.21. The monoisotopic (exact) mass is 300 g/mol. The van der Waals surface area contributed by atoms with Gasteiger partial charge in [-0.05, 0) is 30.4 Å². The summed E-state index contributed by atoms with van der Waals surface area (Å²) in [6.45, 7) is 0.184. The molecule has 0 aliphatic carbocycles. The predicted molar refractivity (Wildman–Crippen MR) is 67.9 cm³/mol. The lowest BCUT2D eigenvalue weighted by atomic mass is 10.2. The average Bonchev–Trinajstić information content (AvgIpc) is 2.40. The maximum absolute atomic E-state index is 12.7. The second kappa shape index (κ2) is 5.55. The standard InChI is InChI=1S/C13H8ClF3N2O/c14-12-4-3-9(5-11(12)13(15,16)17)20-10-2-1-8(6-18)19-7-10/h1-5,10H,7H2. The van der Waals surface area contributed by atoms with Crippen molar-refractivity contribution in [3.63, 3.8) is 0 Å². The van der Waals surface area contributed by atoms with Crippen molar-refractivity contribution in [3.8, 4) is 11.8 Å². The molecule has 0 saturated heterocycles. The van der Waals surface area contributed by atoms with Gasteiger partial charge in [0.05, 0.1) is 17.1 Å². The molecular formula is C13H8ClF3N2O. The maximum atomic E-state index is 12.7. The number of benzene rings is 1. The van der Waals surface area contributed by atoms with E-state index in [9.17, 15) is 13.2 Å². The molecule has 7 heteroatoms. The highest BCUT2D eigenvalue weighted by Crippen LogP contribution is 2.36. The van der Waals surface area contributed by atoms with Crippen LogP contribution in [0, 0.1) is 11.3 Å². The van der Waals surface area contributed by atoms with Crippen LogP contribution in [0.2, 0.25) is 5.02 Å². The Bertz CT molecular complexity index is 617. The Hall–Kier alpha value is -2.00. The van der Waals surface area contributed by atoms with E-state index in [2.05, 4.69) is 4.99 Å². The Morgan fingerprint density at radius 3 is 2.70 bits per heavy atom. The van der Waals surface area contributed by atoms with Crippen LogP contribution in [0.4, 0.5) is 13.2 Å². The summed E-state index contributed by atoms with van der Waals surface area (Å²) >= 11 is 5.51. The van der Waals surface area contributed by atoms with Crippen molar-refractivity contribution in [1.82, 2.24) is 0 Å². The number of aliphatic imine (C=N–C) groups is 1. The Morgan fingerprint density at radius 2 is 2.15 bits per heavy atom. The number of rotatable bonds is 2. The number of dihydropyridines is 1. The number of hydrogen-bond donors (Lipinski definition) is 0. The maximum Gasteiger partial charge on any atom is 0.417 e. The molecule has 0 spiro atoms. The van der Waals surface area contributed by atoms with Gasteiger partial charge in [0.1, 0.15) is 23.6 Å². The molecular weight excluding hydrogens is 293 g/mol. The molecule has 104 valence electrons. The van der Waals surface area contributed by atoms with Crippen LogP contribution in [0.3, 0.4) is 0 Å². The number of nitrogens with zero attached hydrogens (tertiary/aromatic N) is 2. The zero-order valence-electron chi connectivity index (χ0n) is 9.99. The van der Waals surface area contributed by atoms with E-state index in [1.807, 2.05) is 6.07 Å². The Balaban J connectivity index is 2.15. The van der Waals surface area contributed by atoms with Crippen LogP contribution in [0.1, 0.15) is 5.56 Å². The van der Waals surface area contributed by atoms with Crippen LogP contribution < -0.4 is 4.74 Å². The number of ether oxygens (including phenoxy) is 1. The topological polar surface area (TPSA) is 45.4 Å². The SMILES string of the molecule is N#CC1=NCC(Oc2ccc(Cl)c(C(F)(F)F)c2)C=C1. The molecule has 1 atom stereocenters. The van der Waals surface area contributed by atoms with Crippen molar-refractivity contribution in [1.29, 1.82) is 5.26 Å². The summed E-state index contributed by atoms with van der Waals surface area (Å²) in [4.78, 5) is 3.91. The van der Waals surface area contributed by atoms with Crippen LogP contribution >= 0.6 is 11.6 Å². The number of allylic oxidation sites excluding steroid dienone is 1. The summed E-state index contributed by atoms with van der Waals surface area (Å²) in [5.74, 6) is 0.0481. The molecule has 0 fully saturated rings. The number of hydrogen-bond acceptors (Lipinski definition) is 3. The fraction of sp³-hybridized carbons (Fsp3) is 0.231. The molecule has 0 saturated carbocycles. The van der Waals surface area contributed by atoms with Gasteiger partial charge in [-0.2, -0.15) is 18.4 Å². The van der Waals surface area contributed by atoms with Gasteiger partial charge in [-0.1, -0.05) is 11.6 Å². The second-order valence-electron chi connectivity index (χ2n) is 3.99. The first-order valence-corrected chi connectivity index (χ1v) is 5.94. The molecule has 1 unspecified atom stereocenters. The van der Waals surface area contributed by atoms with Crippen molar-refractivity contribution >= 4 is 17.3 Å². The van der Waals surface area contributed by atoms with Crippen LogP contribution in [0.25, 0.3) is 0 Å². The van der Waals surface area contributed by atoms with Gasteiger partial charge in [-0.25, -0.2) is 0 Å². The third-order valence-corrected chi connectivity index (χ3v) is 2.89. The minimum absolute atomic E-state index is 0.0481. The minimum atomic E-state index is -4.54. The Labute approximate surface area is 117 Å². The van der Waals surface area contributed by atoms with E-state index in [1.165, 1.54) is 12.1 Å². The molecule has 1 aromatic rings. The van der Waals surface area contributed by atoms with E-state index in [0.29, 0.717) is 0 Å². The van der Waals surface area contributed by atoms with Gasteiger partial charge in [0.25, 0.3) is 0 Å². The summed E-state index contributed by atoms with van der Waals surface area (Å²) in [6.07, 6.45) is -2.00. The van der Waals surface area contributed by atoms with Gasteiger partial charge in [-0.15, -0.1) is 0 Å². The summed E-state index contributed by atoms with van der Waals surface area (Å²) in [5, 5.41) is 8.23. The Kier molecular flexibility index (Phi) is 4.00. The number of alkyl halides is 3. The van der Waals surface area contributed by atoms with Gasteiger partial charge in [0.2, 0.25) is 0 Å². The Morgan fingerprint density at radius 1 is 1.40 bits per heavy atom. The number of nitriles is 1. The quantitative estimate of drug-likeness (QED) is 0.837. The first-order chi connectivity index (χ1) is 9.40. The van der Waals surface area contributed by atoms with Crippen LogP contribution in [-0.2, 0) is 6.18 Å². The zero-order valence-corrected chi connectivity index (χ0v) is 10.7. The molecule has 1 heterocycles. The smallest absolute Gasteiger partial charge is 0.417 e. The molecule has 0 aromatic heterocycles. The average molecular weight is 301 g/mol. The van der Waals surface area contributed by atoms with Crippen molar-refractivity contribution in [2.45, 2.75) is 12.3 Å². The van der Waals surface area contributed by atoms with E-state index >= 15 is 0 Å². The van der Waals surface area contributed by atoms with Crippen molar-refractivity contribution in [3.05, 3.63) is 40.9 Å². The highest BCUT2D eigenvalue weighted by atomic mass is 35.5. The van der Waals surface area contributed by atoms with E-state index in [0.717, 1.165) is 12.1 Å². The minimum Gasteiger partial charge on any atom is -0.484 e. The van der Waals surface area contributed by atoms with Gasteiger partial charge in [0.15, 0.2) is 0 Å². The molecule has 1 aromatic carbocycles. The molecule has 0 radical (unpaired) electrons. The van der Waals surface area contributed by atoms with E-state index in [4.69, 9.17) is 21.6 Å². The molecule has 20 heavy (non-hydrogen) atoms. The molecule has 3 nitrogen and oxygen atoms in total. The van der Waals surface area contributed by atoms with Gasteiger partial charge in [-0.3, -0.25) is 4.99 Å². The molecule has 1 aliphatic heterocycles. The van der Waals surface area contributed by atoms with E-state index in [-0.39, 0.29) is 23.0 Å². The van der Waals surface area contributed by atoms with Gasteiger partial charge in [0, 0.05) is 0 Å². The summed E-state index contributed by atoms with van der Waals surface area (Å²) in [7, 11) is 0. The zero-order chi connectivity index (χ0) is 14.8. The molecule has 1 aliphatic rings. The van der Waals surface area contributed by atoms with Crippen LogP contribution in [-0.4, -0.2) is 18.4 Å². The van der Waals surface area contributed by atoms with E-state index in [1.54, 1.807) is 6.08 Å². The van der Waals surface area contributed by atoms with Crippen molar-refractivity contribution < 1.29 is 17.9 Å². The summed E-state index contributed by atoms with van der Waals surface area (Å²) in [6, 6.07) is 5.20. The van der Waals surface area contributed by atoms with Crippen LogP contribution in [0.5, 0.6) is 5.75 Å². The molecule has 0 amide bonds. The fourth-order valence-corrected chi connectivity index (χ4v) is 1.84. The van der Waals surface area contributed by atoms with Crippen molar-refractivity contribution in [2.75, 3.05) is 6.54 Å². The predicted octanol–water partition coefficient (Wildman–Crippen LogP) is 3.64. The third-order valence-electron chi connectivity index (χ3n) is 2.56. The molecule has 0 N–H and O–H groups in total. The summed E-state index contributed by atoms with van der Waals surface area (Å²) < 4.78 is 43.5. The summed E-state index contributed by atoms with van der Waals surface area (Å²) in [5.41, 5.74) is -0.686. The lowest BCUT2D eigenvalue weighted by molar-refractivity contribution is -0.137. The first kappa shape index (κ1) is 14.4. The third kappa shape index (κ3) is 3.31. The normalized spacial score (nSPS) is 18.4. The van der Waals surface area contributed by atoms with Gasteiger partial charge < -0.3 is 4.74 Å². The van der Waals surface area contributed by atoms with Crippen molar-refractivity contribution in [2.24, 2.45) is 4.99 Å². The number of halogens is 4. The largest absolute Gasteiger partial charge is 0.484 e. The van der Waals surface area contributed by atoms with Crippen LogP contribution in [0.15, 0.2) is 35.3 Å². The first-order valence-electron chi connectivity index (χ1n) is 5.56. The second-order valence-corrected chi connectivity index (χ2v) is 4.40. The lowest BCUT2D eigenvalue weighted by Gasteiger charge is -2.17. The highest BCUT2D eigenvalue weighted by molar-refractivity contribution is 6.31. The molecule has 0 bridgehead atoms. The fourth-order valence-electron chi connectivity index (χ4n) is 1.62. The molecule has 2 rings (SSSR count).